The van der Waals surface area contributed by atoms with Gasteiger partial charge in [0.1, 0.15) is 5.82 Å². The van der Waals surface area contributed by atoms with Crippen molar-refractivity contribution in [1.82, 2.24) is 20.2 Å². The van der Waals surface area contributed by atoms with Gasteiger partial charge < -0.3 is 20.1 Å². The molecule has 1 aromatic carbocycles. The Labute approximate surface area is 184 Å². The number of guanidine groups is 1. The Kier molecular flexibility index (Phi) is 8.10. The lowest BCUT2D eigenvalue weighted by Crippen LogP contribution is -2.36. The fraction of sp³-hybridized carbons (Fsp3) is 0.333. The molecule has 0 aliphatic rings. The number of aliphatic imine (C=N–C) groups is 1. The van der Waals surface area contributed by atoms with Crippen molar-refractivity contribution in [3.05, 3.63) is 59.9 Å². The fourth-order valence-corrected chi connectivity index (χ4v) is 2.95. The number of halogens is 1. The zero-order valence-corrected chi connectivity index (χ0v) is 19.3. The van der Waals surface area contributed by atoms with E-state index < -0.39 is 0 Å². The molecule has 7 heteroatoms. The lowest BCUT2D eigenvalue weighted by Gasteiger charge is -2.16. The molecule has 0 aliphatic carbocycles. The number of rotatable bonds is 6. The average Bonchev–Trinajstić information content (AvgIpc) is 3.08. The van der Waals surface area contributed by atoms with E-state index in [-0.39, 0.29) is 24.0 Å². The van der Waals surface area contributed by atoms with E-state index in [1.54, 1.807) is 0 Å². The van der Waals surface area contributed by atoms with Gasteiger partial charge in [0.05, 0.1) is 12.1 Å². The SMILES string of the molecule is CCNC(=NCc1ccn(C)c1)NCc1cc(N(C)C)nc2ccccc12.I. The third-order valence-electron chi connectivity index (χ3n) is 4.35. The lowest BCUT2D eigenvalue weighted by molar-refractivity contribution is 0.817. The normalized spacial score (nSPS) is 11.2. The van der Waals surface area contributed by atoms with E-state index in [0.29, 0.717) is 13.1 Å². The van der Waals surface area contributed by atoms with E-state index in [1.165, 1.54) is 11.1 Å². The highest BCUT2D eigenvalue weighted by molar-refractivity contribution is 14.0. The molecule has 150 valence electrons. The smallest absolute Gasteiger partial charge is 0.191 e. The predicted octanol–water partition coefficient (Wildman–Crippen LogP) is 3.51. The number of anilines is 1. The second-order valence-electron chi connectivity index (χ2n) is 6.79. The maximum Gasteiger partial charge on any atom is 0.191 e. The summed E-state index contributed by atoms with van der Waals surface area (Å²) in [6, 6.07) is 12.5. The molecule has 0 aliphatic heterocycles. The molecular weight excluding hydrogens is 463 g/mol. The van der Waals surface area contributed by atoms with Gasteiger partial charge in [-0.2, -0.15) is 0 Å². The molecule has 0 radical (unpaired) electrons. The minimum absolute atomic E-state index is 0. The molecule has 0 saturated carbocycles. The molecule has 3 aromatic rings. The van der Waals surface area contributed by atoms with Crippen LogP contribution in [0.4, 0.5) is 5.82 Å². The van der Waals surface area contributed by atoms with Crippen molar-refractivity contribution in [2.45, 2.75) is 20.0 Å². The molecule has 0 saturated heterocycles. The highest BCUT2D eigenvalue weighted by Gasteiger charge is 2.08. The largest absolute Gasteiger partial charge is 0.363 e. The molecule has 0 bridgehead atoms. The van der Waals surface area contributed by atoms with Crippen molar-refractivity contribution >= 4 is 46.7 Å². The summed E-state index contributed by atoms with van der Waals surface area (Å²) in [5.41, 5.74) is 3.40. The lowest BCUT2D eigenvalue weighted by atomic mass is 10.1. The highest BCUT2D eigenvalue weighted by atomic mass is 127. The third-order valence-corrected chi connectivity index (χ3v) is 4.35. The van der Waals surface area contributed by atoms with Gasteiger partial charge in [0.2, 0.25) is 0 Å². The first-order valence-electron chi connectivity index (χ1n) is 9.26. The van der Waals surface area contributed by atoms with Gasteiger partial charge in [-0.3, -0.25) is 0 Å². The monoisotopic (exact) mass is 492 g/mol. The minimum atomic E-state index is 0. The van der Waals surface area contributed by atoms with E-state index in [2.05, 4.69) is 54.1 Å². The molecule has 6 nitrogen and oxygen atoms in total. The maximum atomic E-state index is 4.73. The van der Waals surface area contributed by atoms with E-state index >= 15 is 0 Å². The summed E-state index contributed by atoms with van der Waals surface area (Å²) in [5.74, 6) is 1.77. The van der Waals surface area contributed by atoms with Crippen molar-refractivity contribution in [3.63, 3.8) is 0 Å². The molecule has 2 aromatic heterocycles. The van der Waals surface area contributed by atoms with Crippen LogP contribution in [-0.2, 0) is 20.1 Å². The van der Waals surface area contributed by atoms with Gasteiger partial charge in [-0.25, -0.2) is 9.98 Å². The summed E-state index contributed by atoms with van der Waals surface area (Å²) in [5, 5.41) is 7.94. The second-order valence-corrected chi connectivity index (χ2v) is 6.79. The van der Waals surface area contributed by atoms with Crippen molar-refractivity contribution in [3.8, 4) is 0 Å². The molecular formula is C21H29IN6. The van der Waals surface area contributed by atoms with Crippen LogP contribution in [0, 0.1) is 0 Å². The summed E-state index contributed by atoms with van der Waals surface area (Å²) in [7, 11) is 6.05. The van der Waals surface area contributed by atoms with E-state index in [4.69, 9.17) is 9.98 Å². The van der Waals surface area contributed by atoms with Gasteiger partial charge in [-0.1, -0.05) is 18.2 Å². The Balaban J connectivity index is 0.00000280. The number of nitrogens with zero attached hydrogens (tertiary/aromatic N) is 4. The van der Waals surface area contributed by atoms with Gasteiger partial charge >= 0.3 is 0 Å². The van der Waals surface area contributed by atoms with Crippen LogP contribution in [-0.4, -0.2) is 36.2 Å². The Morgan fingerprint density at radius 3 is 2.64 bits per heavy atom. The first-order valence-corrected chi connectivity index (χ1v) is 9.26. The Bertz CT molecular complexity index is 932. The van der Waals surface area contributed by atoms with Crippen LogP contribution in [0.25, 0.3) is 10.9 Å². The summed E-state index contributed by atoms with van der Waals surface area (Å²) < 4.78 is 2.04. The van der Waals surface area contributed by atoms with Crippen molar-refractivity contribution in [2.24, 2.45) is 12.0 Å². The summed E-state index contributed by atoms with van der Waals surface area (Å²) in [6.07, 6.45) is 4.13. The number of hydrogen-bond acceptors (Lipinski definition) is 3. The van der Waals surface area contributed by atoms with Crippen molar-refractivity contribution in [2.75, 3.05) is 25.5 Å². The van der Waals surface area contributed by atoms with Crippen molar-refractivity contribution < 1.29 is 0 Å². The van der Waals surface area contributed by atoms with Crippen LogP contribution in [0.1, 0.15) is 18.1 Å². The van der Waals surface area contributed by atoms with E-state index in [1.807, 2.05) is 42.9 Å². The first-order chi connectivity index (χ1) is 13.1. The van der Waals surface area contributed by atoms with Crippen LogP contribution < -0.4 is 15.5 Å². The van der Waals surface area contributed by atoms with Gasteiger partial charge in [-0.05, 0) is 36.2 Å². The fourth-order valence-electron chi connectivity index (χ4n) is 2.95. The number of pyridine rings is 1. The van der Waals surface area contributed by atoms with Crippen LogP contribution in [0.15, 0.2) is 53.8 Å². The molecule has 0 amide bonds. The van der Waals surface area contributed by atoms with Gasteiger partial charge in [-0.15, -0.1) is 24.0 Å². The van der Waals surface area contributed by atoms with E-state index in [9.17, 15) is 0 Å². The summed E-state index contributed by atoms with van der Waals surface area (Å²) in [6.45, 7) is 4.23. The topological polar surface area (TPSA) is 57.5 Å². The Morgan fingerprint density at radius 2 is 1.96 bits per heavy atom. The summed E-state index contributed by atoms with van der Waals surface area (Å²) >= 11 is 0. The number of hydrogen-bond donors (Lipinski definition) is 2. The molecule has 28 heavy (non-hydrogen) atoms. The second kappa shape index (κ2) is 10.3. The standard InChI is InChI=1S/C21H28N6.HI/c1-5-22-21(23-13-16-10-11-27(4)15-16)24-14-17-12-20(26(2)3)25-19-9-7-6-8-18(17)19;/h6-12,15H,5,13-14H2,1-4H3,(H2,22,23,24);1H. The summed E-state index contributed by atoms with van der Waals surface area (Å²) in [4.78, 5) is 11.5. The minimum Gasteiger partial charge on any atom is -0.363 e. The number of benzene rings is 1. The zero-order chi connectivity index (χ0) is 19.2. The van der Waals surface area contributed by atoms with Crippen LogP contribution in [0.5, 0.6) is 0 Å². The predicted molar refractivity (Wildman–Crippen MR) is 129 cm³/mol. The van der Waals surface area contributed by atoms with Crippen LogP contribution in [0.3, 0.4) is 0 Å². The molecule has 0 spiro atoms. The van der Waals surface area contributed by atoms with Crippen molar-refractivity contribution in [1.29, 1.82) is 0 Å². The van der Waals surface area contributed by atoms with Crippen LogP contribution >= 0.6 is 24.0 Å². The number of aromatic nitrogens is 2. The molecule has 0 fully saturated rings. The number of fused-ring (bicyclic) bond motifs is 1. The first kappa shape index (κ1) is 22.0. The quantitative estimate of drug-likeness (QED) is 0.314. The number of aryl methyl sites for hydroxylation is 1. The maximum absolute atomic E-state index is 4.73. The molecule has 2 N–H and O–H groups in total. The van der Waals surface area contributed by atoms with Gasteiger partial charge in [0.25, 0.3) is 0 Å². The van der Waals surface area contributed by atoms with Gasteiger partial charge in [0, 0.05) is 52.0 Å². The third kappa shape index (κ3) is 5.60. The number of nitrogens with one attached hydrogen (secondary N) is 2. The highest BCUT2D eigenvalue weighted by Crippen LogP contribution is 2.22. The number of para-hydroxylation sites is 1. The Hall–Kier alpha value is -2.29. The molecule has 2 heterocycles. The molecule has 0 unspecified atom stereocenters. The van der Waals surface area contributed by atoms with Gasteiger partial charge in [0.15, 0.2) is 5.96 Å². The zero-order valence-electron chi connectivity index (χ0n) is 16.9. The van der Waals surface area contributed by atoms with E-state index in [0.717, 1.165) is 29.2 Å². The average molecular weight is 492 g/mol. The Morgan fingerprint density at radius 1 is 1.18 bits per heavy atom. The molecule has 0 atom stereocenters. The molecule has 3 rings (SSSR count). The van der Waals surface area contributed by atoms with Crippen LogP contribution in [0.2, 0.25) is 0 Å².